The van der Waals surface area contributed by atoms with Crippen LogP contribution in [0.2, 0.25) is 0 Å². The summed E-state index contributed by atoms with van der Waals surface area (Å²) in [6.07, 6.45) is 0. The minimum atomic E-state index is -0.788. The monoisotopic (exact) mass is 510 g/mol. The lowest BCUT2D eigenvalue weighted by Crippen LogP contribution is -2.46. The second kappa shape index (κ2) is 10.4. The Morgan fingerprint density at radius 3 is 2.13 bits per heavy atom. The molecule has 1 aliphatic heterocycles. The summed E-state index contributed by atoms with van der Waals surface area (Å²) in [5, 5.41) is 2.89. The van der Waals surface area contributed by atoms with Crippen molar-refractivity contribution in [1.29, 1.82) is 0 Å². The van der Waals surface area contributed by atoms with E-state index in [0.717, 1.165) is 5.56 Å². The molecule has 6 nitrogen and oxygen atoms in total. The molecular formula is C31H27FN2O4. The molecule has 7 heteroatoms. The van der Waals surface area contributed by atoms with Crippen molar-refractivity contribution >= 4 is 23.2 Å². The highest BCUT2D eigenvalue weighted by molar-refractivity contribution is 6.12. The maximum Gasteiger partial charge on any atom is 0.259 e. The first-order chi connectivity index (χ1) is 18.4. The lowest BCUT2D eigenvalue weighted by atomic mass is 9.78. The molecule has 1 heterocycles. The Morgan fingerprint density at radius 2 is 1.50 bits per heavy atom. The third-order valence-electron chi connectivity index (χ3n) is 6.87. The van der Waals surface area contributed by atoms with E-state index in [1.807, 2.05) is 18.2 Å². The van der Waals surface area contributed by atoms with Crippen molar-refractivity contribution in [3.63, 3.8) is 0 Å². The summed E-state index contributed by atoms with van der Waals surface area (Å²) in [5.74, 6) is -0.472. The van der Waals surface area contributed by atoms with Gasteiger partial charge in [0.25, 0.3) is 5.91 Å². The Balaban J connectivity index is 1.67. The third kappa shape index (κ3) is 4.59. The molecule has 0 bridgehead atoms. The molecule has 0 saturated carbocycles. The van der Waals surface area contributed by atoms with Gasteiger partial charge in [-0.2, -0.15) is 0 Å². The van der Waals surface area contributed by atoms with Gasteiger partial charge in [-0.25, -0.2) is 4.39 Å². The average molecular weight is 511 g/mol. The number of nitrogens with one attached hydrogen (secondary N) is 1. The predicted octanol–water partition coefficient (Wildman–Crippen LogP) is 6.28. The van der Waals surface area contributed by atoms with Crippen molar-refractivity contribution in [2.75, 3.05) is 24.4 Å². The number of hydrogen-bond acceptors (Lipinski definition) is 4. The minimum absolute atomic E-state index is 0.225. The summed E-state index contributed by atoms with van der Waals surface area (Å²) in [6.45, 7) is 1.66. The molecule has 0 unspecified atom stereocenters. The summed E-state index contributed by atoms with van der Waals surface area (Å²) in [5.41, 5.74) is 3.23. The highest BCUT2D eigenvalue weighted by Crippen LogP contribution is 2.46. The molecule has 0 spiro atoms. The van der Waals surface area contributed by atoms with Crippen LogP contribution in [0.1, 0.15) is 39.0 Å². The first kappa shape index (κ1) is 25.0. The van der Waals surface area contributed by atoms with Crippen molar-refractivity contribution in [2.45, 2.75) is 18.9 Å². The first-order valence-electron chi connectivity index (χ1n) is 12.2. The lowest BCUT2D eigenvalue weighted by molar-refractivity contribution is -0.118. The van der Waals surface area contributed by atoms with Gasteiger partial charge in [-0.05, 0) is 78.2 Å². The number of rotatable bonds is 6. The second-order valence-corrected chi connectivity index (χ2v) is 9.11. The number of carbonyl (C=O) groups excluding carboxylic acids is 2. The van der Waals surface area contributed by atoms with Crippen molar-refractivity contribution in [2.24, 2.45) is 0 Å². The van der Waals surface area contributed by atoms with E-state index in [1.165, 1.54) is 6.07 Å². The molecule has 0 saturated heterocycles. The molecule has 38 heavy (non-hydrogen) atoms. The smallest absolute Gasteiger partial charge is 0.259 e. The van der Waals surface area contributed by atoms with Crippen molar-refractivity contribution in [3.8, 4) is 11.5 Å². The van der Waals surface area contributed by atoms with Gasteiger partial charge in [0.15, 0.2) is 0 Å². The number of amides is 2. The van der Waals surface area contributed by atoms with Crippen LogP contribution in [0.25, 0.3) is 0 Å². The molecule has 4 aromatic carbocycles. The van der Waals surface area contributed by atoms with Gasteiger partial charge in [0, 0.05) is 16.9 Å². The van der Waals surface area contributed by atoms with Crippen molar-refractivity contribution in [3.05, 3.63) is 119 Å². The molecule has 0 fully saturated rings. The topological polar surface area (TPSA) is 67.9 Å². The van der Waals surface area contributed by atoms with Crippen LogP contribution < -0.4 is 19.7 Å². The largest absolute Gasteiger partial charge is 0.497 e. The molecule has 0 radical (unpaired) electrons. The van der Waals surface area contributed by atoms with Crippen molar-refractivity contribution < 1.29 is 23.5 Å². The first-order valence-corrected chi connectivity index (χ1v) is 12.2. The molecule has 192 valence electrons. The molecule has 1 aliphatic rings. The number of methoxy groups -OCH3 is 2. The highest BCUT2D eigenvalue weighted by atomic mass is 19.1. The predicted molar refractivity (Wildman–Crippen MR) is 144 cm³/mol. The summed E-state index contributed by atoms with van der Waals surface area (Å²) >= 11 is 0. The SMILES string of the molecule is COc1ccc([C@@H]2[C@H](C(=O)Nc3ccc(C)c(F)c3)c3ccccc3C(=O)N2c2ccc(OC)cc2)cc1. The lowest BCUT2D eigenvalue weighted by Gasteiger charge is -2.42. The molecule has 0 aromatic heterocycles. The van der Waals surface area contributed by atoms with E-state index < -0.39 is 17.8 Å². The Hall–Kier alpha value is -4.65. The van der Waals surface area contributed by atoms with Crippen LogP contribution in [0, 0.1) is 12.7 Å². The number of fused-ring (bicyclic) bond motifs is 1. The van der Waals surface area contributed by atoms with Crippen LogP contribution in [0.4, 0.5) is 15.8 Å². The third-order valence-corrected chi connectivity index (χ3v) is 6.87. The number of anilines is 2. The van der Waals surface area contributed by atoms with E-state index in [-0.39, 0.29) is 11.8 Å². The molecule has 1 N–H and O–H groups in total. The number of nitrogens with zero attached hydrogens (tertiary/aromatic N) is 1. The minimum Gasteiger partial charge on any atom is -0.497 e. The number of halogens is 1. The quantitative estimate of drug-likeness (QED) is 0.332. The molecule has 0 aliphatic carbocycles. The van der Waals surface area contributed by atoms with E-state index in [2.05, 4.69) is 5.32 Å². The van der Waals surface area contributed by atoms with Crippen molar-refractivity contribution in [1.82, 2.24) is 0 Å². The number of hydrogen-bond donors (Lipinski definition) is 1. The van der Waals surface area contributed by atoms with E-state index in [9.17, 15) is 14.0 Å². The maximum absolute atomic E-state index is 14.3. The van der Waals surface area contributed by atoms with E-state index in [1.54, 1.807) is 92.8 Å². The van der Waals surface area contributed by atoms with Gasteiger partial charge in [0.1, 0.15) is 17.3 Å². The summed E-state index contributed by atoms with van der Waals surface area (Å²) in [7, 11) is 3.15. The van der Waals surface area contributed by atoms with Gasteiger partial charge in [0.05, 0.1) is 26.2 Å². The van der Waals surface area contributed by atoms with Gasteiger partial charge in [-0.15, -0.1) is 0 Å². The summed E-state index contributed by atoms with van der Waals surface area (Å²) < 4.78 is 24.9. The van der Waals surface area contributed by atoms with Gasteiger partial charge in [0.2, 0.25) is 5.91 Å². The van der Waals surface area contributed by atoms with Crippen LogP contribution in [0.15, 0.2) is 91.0 Å². The fraction of sp³-hybridized carbons (Fsp3) is 0.161. The Bertz CT molecular complexity index is 1490. The highest BCUT2D eigenvalue weighted by Gasteiger charge is 2.45. The fourth-order valence-electron chi connectivity index (χ4n) is 4.88. The molecule has 4 aromatic rings. The van der Waals surface area contributed by atoms with Crippen LogP contribution in [0.5, 0.6) is 11.5 Å². The second-order valence-electron chi connectivity index (χ2n) is 9.11. The number of benzene rings is 4. The van der Waals surface area contributed by atoms with Crippen LogP contribution in [-0.4, -0.2) is 26.0 Å². The molecule has 2 atom stereocenters. The number of carbonyl (C=O) groups is 2. The van der Waals surface area contributed by atoms with Crippen LogP contribution in [-0.2, 0) is 4.79 Å². The summed E-state index contributed by atoms with van der Waals surface area (Å²) in [4.78, 5) is 29.6. The van der Waals surface area contributed by atoms with Gasteiger partial charge in [-0.1, -0.05) is 36.4 Å². The Kier molecular flexibility index (Phi) is 6.83. The normalized spacial score (nSPS) is 16.5. The number of aryl methyl sites for hydroxylation is 1. The molecular weight excluding hydrogens is 483 g/mol. The van der Waals surface area contributed by atoms with Gasteiger partial charge < -0.3 is 14.8 Å². The zero-order valence-corrected chi connectivity index (χ0v) is 21.3. The standard InChI is InChI=1S/C31H27FN2O4/c1-19-8-11-21(18-27(19)32)33-30(35)28-25-6-4-5-7-26(25)31(36)34(22-12-16-24(38-3)17-13-22)29(28)20-9-14-23(37-2)15-10-20/h4-18,28-29H,1-3H3,(H,33,35)/t28-,29-/m1/s1. The van der Waals surface area contributed by atoms with E-state index in [0.29, 0.717) is 39.6 Å². The number of ether oxygens (including phenoxy) is 2. The zero-order valence-electron chi connectivity index (χ0n) is 21.3. The van der Waals surface area contributed by atoms with E-state index >= 15 is 0 Å². The average Bonchev–Trinajstić information content (AvgIpc) is 2.95. The van der Waals surface area contributed by atoms with Gasteiger partial charge >= 0.3 is 0 Å². The molecule has 2 amide bonds. The Morgan fingerprint density at radius 1 is 0.868 bits per heavy atom. The molecule has 5 rings (SSSR count). The maximum atomic E-state index is 14.3. The van der Waals surface area contributed by atoms with Crippen LogP contribution in [0.3, 0.4) is 0 Å². The Labute approximate surface area is 220 Å². The van der Waals surface area contributed by atoms with Gasteiger partial charge in [-0.3, -0.25) is 14.5 Å². The zero-order chi connectivity index (χ0) is 26.8. The van der Waals surface area contributed by atoms with E-state index in [4.69, 9.17) is 9.47 Å². The fourth-order valence-corrected chi connectivity index (χ4v) is 4.88. The summed E-state index contributed by atoms with van der Waals surface area (Å²) in [6, 6.07) is 25.5. The van der Waals surface area contributed by atoms with Crippen LogP contribution >= 0.6 is 0 Å².